The van der Waals surface area contributed by atoms with Crippen LogP contribution in [0, 0.1) is 13.8 Å². The second-order valence-corrected chi connectivity index (χ2v) is 4.53. The number of nitrogens with one attached hydrogen (secondary N) is 2. The van der Waals surface area contributed by atoms with Crippen LogP contribution in [-0.4, -0.2) is 36.6 Å². The monoisotopic (exact) mass is 264 g/mol. The van der Waals surface area contributed by atoms with Gasteiger partial charge in [-0.3, -0.25) is 10.1 Å². The summed E-state index contributed by atoms with van der Waals surface area (Å²) in [4.78, 5) is 22.4. The molecule has 5 nitrogen and oxygen atoms in total. The van der Waals surface area contributed by atoms with Crippen LogP contribution < -0.4 is 10.6 Å². The molecule has 0 saturated carbocycles. The van der Waals surface area contributed by atoms with E-state index in [-0.39, 0.29) is 0 Å². The molecule has 0 aliphatic rings. The van der Waals surface area contributed by atoms with E-state index in [1.54, 1.807) is 0 Å². The highest BCUT2D eigenvalue weighted by molar-refractivity contribution is 6.01. The topological polar surface area (TPSA) is 78.4 Å². The molecule has 0 aliphatic heterocycles. The summed E-state index contributed by atoms with van der Waals surface area (Å²) in [6.45, 7) is 4.48. The summed E-state index contributed by atoms with van der Waals surface area (Å²) in [5.74, 6) is -1.69. The molecule has 1 unspecified atom stereocenters. The number of carbonyl (C=O) groups excluding carboxylic acids is 1. The summed E-state index contributed by atoms with van der Waals surface area (Å²) < 4.78 is 0. The summed E-state index contributed by atoms with van der Waals surface area (Å²) in [5.41, 5.74) is 3.53. The van der Waals surface area contributed by atoms with E-state index in [2.05, 4.69) is 16.7 Å². The summed E-state index contributed by atoms with van der Waals surface area (Å²) in [6, 6.07) is 4.95. The van der Waals surface area contributed by atoms with Gasteiger partial charge in [0.05, 0.1) is 0 Å². The van der Waals surface area contributed by atoms with E-state index in [0.717, 1.165) is 5.56 Å². The highest BCUT2D eigenvalue weighted by atomic mass is 16.4. The summed E-state index contributed by atoms with van der Waals surface area (Å²) in [6.07, 6.45) is 0.688. The first kappa shape index (κ1) is 15.2. The Hall–Kier alpha value is -1.88. The fourth-order valence-electron chi connectivity index (χ4n) is 1.92. The third-order valence-corrected chi connectivity index (χ3v) is 2.99. The normalized spacial score (nSPS) is 11.9. The maximum absolute atomic E-state index is 11.6. The standard InChI is InChI=1S/C14H20N2O3/c1-9-4-5-11(10(2)8-9)6-7-16-13(17)12(15-3)14(18)19/h4-5,8,12,15H,6-7H2,1-3H3,(H,16,17)(H,18,19). The fourth-order valence-corrected chi connectivity index (χ4v) is 1.92. The predicted octanol–water partition coefficient (Wildman–Crippen LogP) is 0.635. The van der Waals surface area contributed by atoms with Crippen molar-refractivity contribution < 1.29 is 14.7 Å². The Kier molecular flexibility index (Phi) is 5.51. The number of rotatable bonds is 6. The molecule has 3 N–H and O–H groups in total. The van der Waals surface area contributed by atoms with Crippen LogP contribution in [0.4, 0.5) is 0 Å². The Labute approximate surface area is 113 Å². The van der Waals surface area contributed by atoms with Gasteiger partial charge in [0, 0.05) is 6.54 Å². The van der Waals surface area contributed by atoms with Crippen molar-refractivity contribution in [3.8, 4) is 0 Å². The molecule has 5 heteroatoms. The molecule has 0 aromatic heterocycles. The Bertz CT molecular complexity index is 472. The van der Waals surface area contributed by atoms with Crippen LogP contribution in [0.2, 0.25) is 0 Å². The van der Waals surface area contributed by atoms with E-state index in [1.165, 1.54) is 18.2 Å². The van der Waals surface area contributed by atoms with Crippen LogP contribution in [0.1, 0.15) is 16.7 Å². The molecule has 1 amide bonds. The summed E-state index contributed by atoms with van der Waals surface area (Å²) in [7, 11) is 1.45. The highest BCUT2D eigenvalue weighted by Gasteiger charge is 2.23. The highest BCUT2D eigenvalue weighted by Crippen LogP contribution is 2.10. The van der Waals surface area contributed by atoms with Gasteiger partial charge in [0.25, 0.3) is 0 Å². The van der Waals surface area contributed by atoms with Gasteiger partial charge in [0.1, 0.15) is 0 Å². The van der Waals surface area contributed by atoms with Gasteiger partial charge in [-0.15, -0.1) is 0 Å². The minimum Gasteiger partial charge on any atom is -0.480 e. The van der Waals surface area contributed by atoms with Crippen molar-refractivity contribution >= 4 is 11.9 Å². The van der Waals surface area contributed by atoms with Gasteiger partial charge < -0.3 is 10.4 Å². The molecule has 0 saturated heterocycles. The van der Waals surface area contributed by atoms with Gasteiger partial charge in [-0.25, -0.2) is 4.79 Å². The number of carboxylic acids is 1. The van der Waals surface area contributed by atoms with Crippen molar-refractivity contribution in [3.63, 3.8) is 0 Å². The average Bonchev–Trinajstić information content (AvgIpc) is 2.32. The number of carboxylic acid groups (broad SMARTS) is 1. The van der Waals surface area contributed by atoms with E-state index in [4.69, 9.17) is 5.11 Å². The Morgan fingerprint density at radius 1 is 1.32 bits per heavy atom. The van der Waals surface area contributed by atoms with Gasteiger partial charge in [-0.05, 0) is 38.4 Å². The van der Waals surface area contributed by atoms with E-state index in [1.807, 2.05) is 26.0 Å². The molecule has 0 spiro atoms. The van der Waals surface area contributed by atoms with Crippen molar-refractivity contribution in [1.82, 2.24) is 10.6 Å². The number of likely N-dealkylation sites (N-methyl/N-ethyl adjacent to an activating group) is 1. The molecule has 1 aromatic rings. The van der Waals surface area contributed by atoms with Gasteiger partial charge in [0.15, 0.2) is 6.04 Å². The van der Waals surface area contributed by atoms with E-state index < -0.39 is 17.9 Å². The summed E-state index contributed by atoms with van der Waals surface area (Å²) >= 11 is 0. The van der Waals surface area contributed by atoms with E-state index in [9.17, 15) is 9.59 Å². The van der Waals surface area contributed by atoms with Crippen LogP contribution in [0.5, 0.6) is 0 Å². The molecule has 104 valence electrons. The third-order valence-electron chi connectivity index (χ3n) is 2.99. The first-order valence-electron chi connectivity index (χ1n) is 6.19. The van der Waals surface area contributed by atoms with Crippen LogP contribution in [0.25, 0.3) is 0 Å². The molecule has 0 bridgehead atoms. The number of aryl methyl sites for hydroxylation is 2. The lowest BCUT2D eigenvalue weighted by molar-refractivity contribution is -0.143. The number of hydrogen-bond donors (Lipinski definition) is 3. The van der Waals surface area contributed by atoms with E-state index >= 15 is 0 Å². The smallest absolute Gasteiger partial charge is 0.330 e. The van der Waals surface area contributed by atoms with Crippen molar-refractivity contribution in [2.75, 3.05) is 13.6 Å². The maximum atomic E-state index is 11.6. The zero-order valence-electron chi connectivity index (χ0n) is 11.5. The number of amides is 1. The van der Waals surface area contributed by atoms with Crippen molar-refractivity contribution in [3.05, 3.63) is 34.9 Å². The first-order chi connectivity index (χ1) is 8.95. The van der Waals surface area contributed by atoms with Crippen LogP contribution in [0.3, 0.4) is 0 Å². The number of benzene rings is 1. The molecular formula is C14H20N2O3. The van der Waals surface area contributed by atoms with Crippen LogP contribution >= 0.6 is 0 Å². The second-order valence-electron chi connectivity index (χ2n) is 4.53. The second kappa shape index (κ2) is 6.89. The fraction of sp³-hybridized carbons (Fsp3) is 0.429. The Balaban J connectivity index is 2.50. The predicted molar refractivity (Wildman–Crippen MR) is 73.1 cm³/mol. The van der Waals surface area contributed by atoms with Gasteiger partial charge in [-0.1, -0.05) is 23.8 Å². The Morgan fingerprint density at radius 3 is 2.53 bits per heavy atom. The molecule has 1 aromatic carbocycles. The molecule has 1 rings (SSSR count). The van der Waals surface area contributed by atoms with E-state index in [0.29, 0.717) is 13.0 Å². The zero-order chi connectivity index (χ0) is 14.4. The first-order valence-corrected chi connectivity index (χ1v) is 6.19. The molecule has 0 fully saturated rings. The van der Waals surface area contributed by atoms with Crippen molar-refractivity contribution in [2.24, 2.45) is 0 Å². The third kappa shape index (κ3) is 4.37. The van der Waals surface area contributed by atoms with Gasteiger partial charge in [0.2, 0.25) is 5.91 Å². The molecule has 0 aliphatic carbocycles. The van der Waals surface area contributed by atoms with Crippen LogP contribution in [-0.2, 0) is 16.0 Å². The van der Waals surface area contributed by atoms with Gasteiger partial charge >= 0.3 is 5.97 Å². The molecule has 19 heavy (non-hydrogen) atoms. The zero-order valence-corrected chi connectivity index (χ0v) is 11.5. The lowest BCUT2D eigenvalue weighted by atomic mass is 10.0. The largest absolute Gasteiger partial charge is 0.480 e. The molecular weight excluding hydrogens is 244 g/mol. The van der Waals surface area contributed by atoms with Crippen molar-refractivity contribution in [2.45, 2.75) is 26.3 Å². The number of aliphatic carboxylic acids is 1. The minimum absolute atomic E-state index is 0.425. The van der Waals surface area contributed by atoms with Gasteiger partial charge in [-0.2, -0.15) is 0 Å². The maximum Gasteiger partial charge on any atom is 0.330 e. The molecule has 0 radical (unpaired) electrons. The quantitative estimate of drug-likeness (QED) is 0.659. The molecule has 1 atom stereocenters. The Morgan fingerprint density at radius 2 is 2.00 bits per heavy atom. The lowest BCUT2D eigenvalue weighted by Gasteiger charge is -2.12. The van der Waals surface area contributed by atoms with Crippen molar-refractivity contribution in [1.29, 1.82) is 0 Å². The van der Waals surface area contributed by atoms with Crippen LogP contribution in [0.15, 0.2) is 18.2 Å². The molecule has 0 heterocycles. The summed E-state index contributed by atoms with van der Waals surface area (Å²) in [5, 5.41) is 13.9. The average molecular weight is 264 g/mol. The SMILES string of the molecule is CNC(C(=O)O)C(=O)NCCc1ccc(C)cc1C. The number of hydrogen-bond acceptors (Lipinski definition) is 3. The minimum atomic E-state index is -1.20. The lowest BCUT2D eigenvalue weighted by Crippen LogP contribution is -2.48. The number of carbonyl (C=O) groups is 2.